The summed E-state index contributed by atoms with van der Waals surface area (Å²) in [6.45, 7) is 3.24. The van der Waals surface area contributed by atoms with E-state index in [-0.39, 0.29) is 36.0 Å². The van der Waals surface area contributed by atoms with E-state index >= 15 is 0 Å². The fraction of sp³-hybridized carbons (Fsp3) is 0.250. The van der Waals surface area contributed by atoms with Crippen LogP contribution in [0.25, 0.3) is 0 Å². The number of hydrogen-bond donors (Lipinski definition) is 0. The predicted molar refractivity (Wildman–Crippen MR) is 183 cm³/mol. The van der Waals surface area contributed by atoms with Gasteiger partial charge in [0.1, 0.15) is 17.7 Å². The van der Waals surface area contributed by atoms with E-state index in [0.717, 1.165) is 47.9 Å². The molecule has 2 amide bonds. The predicted octanol–water partition coefficient (Wildman–Crippen LogP) is 7.68. The number of amides is 2. The van der Waals surface area contributed by atoms with Crippen LogP contribution in [-0.2, 0) is 9.59 Å². The number of aliphatic imine (C=N–C) groups is 2. The van der Waals surface area contributed by atoms with E-state index in [1.54, 1.807) is 13.8 Å². The highest BCUT2D eigenvalue weighted by atomic mass is 16.2. The number of carbonyl (C=O) groups is 2. The minimum atomic E-state index is -0.288. The van der Waals surface area contributed by atoms with Crippen molar-refractivity contribution in [3.8, 4) is 0 Å². The van der Waals surface area contributed by atoms with Gasteiger partial charge in [-0.1, -0.05) is 115 Å². The highest BCUT2D eigenvalue weighted by Gasteiger charge is 2.44. The number of hydrogen-bond acceptors (Lipinski definition) is 4. The van der Waals surface area contributed by atoms with Gasteiger partial charge in [0.15, 0.2) is 0 Å². The lowest BCUT2D eigenvalue weighted by molar-refractivity contribution is -0.127. The van der Waals surface area contributed by atoms with Crippen LogP contribution < -0.4 is 0 Å². The first kappa shape index (κ1) is 29.6. The molecule has 0 fully saturated rings. The van der Waals surface area contributed by atoms with Crippen molar-refractivity contribution in [1.29, 1.82) is 0 Å². The zero-order valence-electron chi connectivity index (χ0n) is 26.3. The summed E-state index contributed by atoms with van der Waals surface area (Å²) in [5.74, 6) is 1.19. The van der Waals surface area contributed by atoms with E-state index in [1.807, 2.05) is 70.5 Å². The first-order valence-corrected chi connectivity index (χ1v) is 16.2. The van der Waals surface area contributed by atoms with Gasteiger partial charge in [-0.15, -0.1) is 0 Å². The molecule has 0 bridgehead atoms. The molecule has 0 saturated heterocycles. The minimum absolute atomic E-state index is 0.0316. The Morgan fingerprint density at radius 2 is 1.13 bits per heavy atom. The molecule has 3 aromatic carbocycles. The van der Waals surface area contributed by atoms with Crippen molar-refractivity contribution in [2.75, 3.05) is 0 Å². The summed E-state index contributed by atoms with van der Waals surface area (Å²) in [5.41, 5.74) is 6.21. The van der Waals surface area contributed by atoms with Crippen LogP contribution in [-0.4, -0.2) is 45.4 Å². The molecule has 4 atom stereocenters. The van der Waals surface area contributed by atoms with Gasteiger partial charge in [0.05, 0.1) is 18.1 Å². The minimum Gasteiger partial charge on any atom is -0.287 e. The Hall–Kier alpha value is -5.10. The highest BCUT2D eigenvalue weighted by Crippen LogP contribution is 2.44. The lowest BCUT2D eigenvalue weighted by Gasteiger charge is -2.32. The van der Waals surface area contributed by atoms with Crippen LogP contribution in [0.2, 0.25) is 0 Å². The third-order valence-electron chi connectivity index (χ3n) is 9.33. The summed E-state index contributed by atoms with van der Waals surface area (Å²) >= 11 is 0. The van der Waals surface area contributed by atoms with Crippen molar-refractivity contribution in [3.63, 3.8) is 0 Å². The number of nitrogens with zero attached hydrogens (tertiary/aromatic N) is 4. The smallest absolute Gasteiger partial charge is 0.225 e. The van der Waals surface area contributed by atoms with Crippen LogP contribution in [0.15, 0.2) is 143 Å². The van der Waals surface area contributed by atoms with Gasteiger partial charge in [-0.25, -0.2) is 0 Å². The molecule has 0 unspecified atom stereocenters. The molecule has 3 aromatic rings. The molecule has 2 aliphatic carbocycles. The quantitative estimate of drug-likeness (QED) is 0.289. The van der Waals surface area contributed by atoms with Gasteiger partial charge in [0.2, 0.25) is 11.8 Å². The Labute approximate surface area is 270 Å². The molecule has 0 spiro atoms. The Balaban J connectivity index is 1.33. The molecule has 2 aliphatic heterocycles. The topological polar surface area (TPSA) is 65.3 Å². The lowest BCUT2D eigenvalue weighted by Crippen LogP contribution is -2.45. The summed E-state index contributed by atoms with van der Waals surface area (Å²) in [7, 11) is 0. The maximum atomic E-state index is 13.5. The second-order valence-corrected chi connectivity index (χ2v) is 12.3. The van der Waals surface area contributed by atoms with Crippen LogP contribution in [0.1, 0.15) is 73.9 Å². The summed E-state index contributed by atoms with van der Waals surface area (Å²) < 4.78 is 0. The van der Waals surface area contributed by atoms with E-state index in [0.29, 0.717) is 11.7 Å². The van der Waals surface area contributed by atoms with E-state index in [1.165, 1.54) is 11.1 Å². The molecule has 0 N–H and O–H groups in total. The van der Waals surface area contributed by atoms with Crippen LogP contribution in [0.3, 0.4) is 0 Å². The standard InChI is InChI=1S/C40H38N4O2/c1-27(45)43-37(31-20-11-5-12-21-31)35(29-16-7-3-8-17-29)41-39(43)33-24-15-25-34(26-33)40-42-36(30-18-9-4-10-19-30)38(44(40)28(2)46)32-22-13-6-14-23-32/h3-9,11-13,15-18,20-22,24-26,35-38H,10,14,19,23H2,1-2H3/t35-,36-,37-,38-/m0/s1. The van der Waals surface area contributed by atoms with Crippen LogP contribution in [0.5, 0.6) is 0 Å². The van der Waals surface area contributed by atoms with Crippen molar-refractivity contribution in [1.82, 2.24) is 9.80 Å². The van der Waals surface area contributed by atoms with Crippen molar-refractivity contribution in [2.24, 2.45) is 9.98 Å². The fourth-order valence-corrected chi connectivity index (χ4v) is 7.27. The largest absolute Gasteiger partial charge is 0.287 e. The lowest BCUT2D eigenvalue weighted by atomic mass is 9.86. The van der Waals surface area contributed by atoms with Gasteiger partial charge in [-0.2, -0.15) is 0 Å². The number of rotatable bonds is 6. The SMILES string of the molecule is CC(=O)N1C(c2cccc(C3=N[C@@H](c4ccccc4)[C@H](c4ccccc4)N3C(C)=O)c2)=N[C@@H](C2=CC=CCC2)[C@@H]1C1=CC=CCC1. The zero-order chi connectivity index (χ0) is 31.6. The zero-order valence-corrected chi connectivity index (χ0v) is 26.3. The number of benzene rings is 3. The Morgan fingerprint density at radius 3 is 1.67 bits per heavy atom. The van der Waals surface area contributed by atoms with Crippen molar-refractivity contribution in [2.45, 2.75) is 63.7 Å². The molecule has 230 valence electrons. The molecule has 6 nitrogen and oxygen atoms in total. The molecular weight excluding hydrogens is 568 g/mol. The Kier molecular flexibility index (Phi) is 8.18. The fourth-order valence-electron chi connectivity index (χ4n) is 7.27. The van der Waals surface area contributed by atoms with E-state index in [9.17, 15) is 9.59 Å². The second-order valence-electron chi connectivity index (χ2n) is 12.3. The first-order valence-electron chi connectivity index (χ1n) is 16.2. The van der Waals surface area contributed by atoms with Crippen molar-refractivity contribution >= 4 is 23.5 Å². The molecule has 7 rings (SSSR count). The summed E-state index contributed by atoms with van der Waals surface area (Å²) in [6, 6.07) is 27.5. The molecule has 6 heteroatoms. The third-order valence-corrected chi connectivity index (χ3v) is 9.33. The van der Waals surface area contributed by atoms with Gasteiger partial charge < -0.3 is 0 Å². The van der Waals surface area contributed by atoms with E-state index in [4.69, 9.17) is 9.98 Å². The molecular formula is C40H38N4O2. The summed E-state index contributed by atoms with van der Waals surface area (Å²) in [6.07, 6.45) is 16.7. The van der Waals surface area contributed by atoms with Crippen molar-refractivity contribution < 1.29 is 9.59 Å². The van der Waals surface area contributed by atoms with Crippen molar-refractivity contribution in [3.05, 3.63) is 155 Å². The third kappa shape index (κ3) is 5.49. The molecule has 0 saturated carbocycles. The normalized spacial score (nSPS) is 24.0. The molecule has 2 heterocycles. The monoisotopic (exact) mass is 606 g/mol. The number of amidine groups is 2. The maximum absolute atomic E-state index is 13.5. The van der Waals surface area contributed by atoms with Gasteiger partial charge in [-0.05, 0) is 54.0 Å². The van der Waals surface area contributed by atoms with Gasteiger partial charge in [0, 0.05) is 25.0 Å². The maximum Gasteiger partial charge on any atom is 0.225 e. The summed E-state index contributed by atoms with van der Waals surface area (Å²) in [4.78, 5) is 41.2. The highest BCUT2D eigenvalue weighted by molar-refractivity contribution is 6.13. The van der Waals surface area contributed by atoms with E-state index < -0.39 is 0 Å². The average Bonchev–Trinajstić information content (AvgIpc) is 3.71. The molecule has 4 aliphatic rings. The molecule has 0 radical (unpaired) electrons. The first-order chi connectivity index (χ1) is 22.5. The number of allylic oxidation sites excluding steroid dienone is 6. The molecule has 0 aromatic heterocycles. The van der Waals surface area contributed by atoms with Gasteiger partial charge in [-0.3, -0.25) is 29.4 Å². The van der Waals surface area contributed by atoms with Gasteiger partial charge in [0.25, 0.3) is 0 Å². The Morgan fingerprint density at radius 1 is 0.609 bits per heavy atom. The Bertz CT molecular complexity index is 1830. The average molecular weight is 607 g/mol. The van der Waals surface area contributed by atoms with Crippen LogP contribution >= 0.6 is 0 Å². The summed E-state index contributed by atoms with van der Waals surface area (Å²) in [5, 5.41) is 0. The van der Waals surface area contributed by atoms with Crippen LogP contribution in [0, 0.1) is 0 Å². The van der Waals surface area contributed by atoms with E-state index in [2.05, 4.69) is 60.7 Å². The second kappa shape index (κ2) is 12.7. The molecule has 46 heavy (non-hydrogen) atoms. The van der Waals surface area contributed by atoms with Gasteiger partial charge >= 0.3 is 0 Å². The van der Waals surface area contributed by atoms with Crippen LogP contribution in [0.4, 0.5) is 0 Å². The number of carbonyl (C=O) groups excluding carboxylic acids is 2.